The molecule has 0 aromatic heterocycles. The number of rotatable bonds is 2. The quantitative estimate of drug-likeness (QED) is 0.718. The standard InChI is InChI=1S/C10H19BF3N2O2/c1-10(2,3)18-9(17)16-6-4-15(5-7-16)8-11(12,13)14/h4-8H2,1-3H3/q-1/p+1. The van der Waals surface area contributed by atoms with Crippen LogP contribution in [-0.4, -0.2) is 61.1 Å². The molecule has 0 atom stereocenters. The number of amides is 1. The molecule has 0 radical (unpaired) electrons. The van der Waals surface area contributed by atoms with E-state index in [1.807, 2.05) is 0 Å². The van der Waals surface area contributed by atoms with Gasteiger partial charge in [-0.1, -0.05) is 0 Å². The molecule has 1 aliphatic heterocycles. The third-order valence-corrected chi connectivity index (χ3v) is 2.49. The molecule has 1 amide bonds. The first-order chi connectivity index (χ1) is 8.07. The highest BCUT2D eigenvalue weighted by Crippen LogP contribution is 2.14. The van der Waals surface area contributed by atoms with E-state index in [-0.39, 0.29) is 27.6 Å². The van der Waals surface area contributed by atoms with Gasteiger partial charge < -0.3 is 27.5 Å². The molecule has 0 aliphatic carbocycles. The van der Waals surface area contributed by atoms with Gasteiger partial charge in [0.2, 0.25) is 0 Å². The maximum absolute atomic E-state index is 12.2. The molecule has 1 fully saturated rings. The van der Waals surface area contributed by atoms with Crippen molar-refractivity contribution in [3.05, 3.63) is 0 Å². The topological polar surface area (TPSA) is 32.8 Å². The second-order valence-electron chi connectivity index (χ2n) is 5.48. The summed E-state index contributed by atoms with van der Waals surface area (Å²) in [4.78, 5) is 14.4. The Hall–Kier alpha value is -0.915. The van der Waals surface area contributed by atoms with Crippen molar-refractivity contribution < 1.29 is 23.9 Å². The Morgan fingerprint density at radius 1 is 1.22 bits per heavy atom. The summed E-state index contributed by atoms with van der Waals surface area (Å²) >= 11 is 0. The predicted octanol–water partition coefficient (Wildman–Crippen LogP) is 2.04. The molecule has 0 aromatic carbocycles. The molecule has 0 aromatic rings. The maximum Gasteiger partial charge on any atom is 1.00 e. The molecule has 0 spiro atoms. The Morgan fingerprint density at radius 2 is 1.72 bits per heavy atom. The summed E-state index contributed by atoms with van der Waals surface area (Å²) in [6, 6.07) is 0. The van der Waals surface area contributed by atoms with Crippen molar-refractivity contribution in [2.75, 3.05) is 32.6 Å². The third-order valence-electron chi connectivity index (χ3n) is 2.49. The number of halogens is 3. The van der Waals surface area contributed by atoms with E-state index >= 15 is 0 Å². The van der Waals surface area contributed by atoms with Crippen molar-refractivity contribution >= 4 is 13.1 Å². The smallest absolute Gasteiger partial charge is 0.448 e. The van der Waals surface area contributed by atoms with E-state index in [1.165, 1.54) is 9.80 Å². The summed E-state index contributed by atoms with van der Waals surface area (Å²) in [6.45, 7) is 1.51. The zero-order valence-electron chi connectivity index (χ0n) is 12.0. The second kappa shape index (κ2) is 5.38. The van der Waals surface area contributed by atoms with Crippen LogP contribution in [0.1, 0.15) is 22.2 Å². The van der Waals surface area contributed by atoms with Crippen molar-refractivity contribution in [1.29, 1.82) is 0 Å². The average Bonchev–Trinajstić information content (AvgIpc) is 2.13. The van der Waals surface area contributed by atoms with Gasteiger partial charge in [-0.2, -0.15) is 0 Å². The molecule has 1 rings (SSSR count). The Balaban J connectivity index is 0.00000324. The molecule has 18 heavy (non-hydrogen) atoms. The SMILES string of the molecule is CC(C)(C)OC(=O)N1CCN(C[B-](F)(F)F)CC1.[H+]. The van der Waals surface area contributed by atoms with E-state index < -0.39 is 25.1 Å². The lowest BCUT2D eigenvalue weighted by Crippen LogP contribution is -2.52. The van der Waals surface area contributed by atoms with E-state index in [2.05, 4.69) is 0 Å². The number of carbonyl (C=O) groups is 1. The van der Waals surface area contributed by atoms with E-state index in [0.717, 1.165) is 0 Å². The van der Waals surface area contributed by atoms with Crippen LogP contribution in [0, 0.1) is 0 Å². The van der Waals surface area contributed by atoms with E-state index in [9.17, 15) is 17.7 Å². The number of hydrogen-bond donors (Lipinski definition) is 0. The minimum absolute atomic E-state index is 0. The van der Waals surface area contributed by atoms with Crippen LogP contribution in [0.5, 0.6) is 0 Å². The number of carbonyl (C=O) groups excluding carboxylic acids is 1. The molecule has 8 heteroatoms. The fraction of sp³-hybridized carbons (Fsp3) is 0.900. The van der Waals surface area contributed by atoms with E-state index in [0.29, 0.717) is 0 Å². The van der Waals surface area contributed by atoms with Crippen LogP contribution < -0.4 is 0 Å². The summed E-state index contributed by atoms with van der Waals surface area (Å²) in [5.74, 6) is 0. The van der Waals surface area contributed by atoms with E-state index in [1.54, 1.807) is 20.8 Å². The molecule has 1 saturated heterocycles. The summed E-state index contributed by atoms with van der Waals surface area (Å²) < 4.78 is 41.9. The van der Waals surface area contributed by atoms with Gasteiger partial charge in [0.05, 0.1) is 0 Å². The van der Waals surface area contributed by atoms with Crippen LogP contribution in [0.3, 0.4) is 0 Å². The summed E-state index contributed by atoms with van der Waals surface area (Å²) in [7, 11) is 0. The lowest BCUT2D eigenvalue weighted by atomic mass is 9.91. The Bertz CT molecular complexity index is 302. The van der Waals surface area contributed by atoms with Gasteiger partial charge >= 0.3 is 14.5 Å². The van der Waals surface area contributed by atoms with Crippen LogP contribution in [0.4, 0.5) is 17.7 Å². The van der Waals surface area contributed by atoms with Gasteiger partial charge in [-0.25, -0.2) is 4.79 Å². The van der Waals surface area contributed by atoms with Gasteiger partial charge in [-0.05, 0) is 27.2 Å². The average molecular weight is 268 g/mol. The van der Waals surface area contributed by atoms with Gasteiger partial charge in [0.1, 0.15) is 5.60 Å². The molecular weight excluding hydrogens is 248 g/mol. The zero-order valence-corrected chi connectivity index (χ0v) is 11.0. The van der Waals surface area contributed by atoms with Crippen molar-refractivity contribution in [3.63, 3.8) is 0 Å². The molecule has 0 N–H and O–H groups in total. The van der Waals surface area contributed by atoms with Gasteiger partial charge in [0.25, 0.3) is 0 Å². The lowest BCUT2D eigenvalue weighted by molar-refractivity contribution is 0.0154. The van der Waals surface area contributed by atoms with E-state index in [4.69, 9.17) is 4.74 Å². The van der Waals surface area contributed by atoms with Gasteiger partial charge in [-0.3, -0.25) is 0 Å². The molecule has 1 aliphatic rings. The van der Waals surface area contributed by atoms with Crippen molar-refractivity contribution in [2.45, 2.75) is 26.4 Å². The monoisotopic (exact) mass is 268 g/mol. The minimum atomic E-state index is -4.80. The maximum atomic E-state index is 12.2. The first-order valence-electron chi connectivity index (χ1n) is 5.98. The summed E-state index contributed by atoms with van der Waals surface area (Å²) in [5.41, 5.74) is -0.580. The Morgan fingerprint density at radius 3 is 2.11 bits per heavy atom. The third kappa shape index (κ3) is 5.62. The van der Waals surface area contributed by atoms with Gasteiger partial charge in [0.15, 0.2) is 0 Å². The van der Waals surface area contributed by atoms with Crippen molar-refractivity contribution in [3.8, 4) is 0 Å². The van der Waals surface area contributed by atoms with Crippen LogP contribution in [0.2, 0.25) is 0 Å². The fourth-order valence-electron chi connectivity index (χ4n) is 1.73. The minimum Gasteiger partial charge on any atom is -0.448 e. The summed E-state index contributed by atoms with van der Waals surface area (Å²) in [6.07, 6.45) is -1.32. The van der Waals surface area contributed by atoms with Gasteiger partial charge in [0, 0.05) is 26.2 Å². The largest absolute Gasteiger partial charge is 1.00 e. The molecule has 1 heterocycles. The highest BCUT2D eigenvalue weighted by atomic mass is 19.4. The zero-order chi connectivity index (χ0) is 14.0. The van der Waals surface area contributed by atoms with Gasteiger partial charge in [-0.15, -0.1) is 0 Å². The normalized spacial score (nSPS) is 18.9. The highest BCUT2D eigenvalue weighted by molar-refractivity contribution is 6.58. The first-order valence-corrected chi connectivity index (χ1v) is 5.98. The Labute approximate surface area is 107 Å². The number of ether oxygens (including phenoxy) is 1. The lowest BCUT2D eigenvalue weighted by Gasteiger charge is -2.37. The Kier molecular flexibility index (Phi) is 4.53. The number of piperazine rings is 1. The van der Waals surface area contributed by atoms with Crippen molar-refractivity contribution in [2.24, 2.45) is 0 Å². The molecule has 0 saturated carbocycles. The van der Waals surface area contributed by atoms with Crippen LogP contribution in [0.25, 0.3) is 0 Å². The summed E-state index contributed by atoms with van der Waals surface area (Å²) in [5, 5.41) is 0. The van der Waals surface area contributed by atoms with Crippen LogP contribution >= 0.6 is 0 Å². The molecule has 0 bridgehead atoms. The molecule has 4 nitrogen and oxygen atoms in total. The highest BCUT2D eigenvalue weighted by Gasteiger charge is 2.30. The molecular formula is C10H20BF3N2O2. The number of nitrogens with zero attached hydrogens (tertiary/aromatic N) is 2. The molecule has 106 valence electrons. The second-order valence-corrected chi connectivity index (χ2v) is 5.48. The number of hydrogen-bond acceptors (Lipinski definition) is 3. The van der Waals surface area contributed by atoms with Crippen molar-refractivity contribution in [1.82, 2.24) is 9.80 Å². The van der Waals surface area contributed by atoms with Crippen LogP contribution in [-0.2, 0) is 4.74 Å². The first kappa shape index (κ1) is 15.1. The predicted molar refractivity (Wildman–Crippen MR) is 64.4 cm³/mol. The fourth-order valence-corrected chi connectivity index (χ4v) is 1.73. The van der Waals surface area contributed by atoms with Crippen LogP contribution in [0.15, 0.2) is 0 Å². The molecule has 0 unspecified atom stereocenters.